The maximum Gasteiger partial charge on any atom is 0.122 e. The first kappa shape index (κ1) is 19.9. The molecule has 1 aromatic heterocycles. The standard InChI is InChI=1S/C26H28N4O/c1-18-14-23-20(16-25(18)31-13-3-8-30-11-9-29(2)10-12-30)5-7-22-21-6-4-19(17-27)15-24(21)28-26(22)23/h4-7,14-16,28H,3,8-13H2,1-2H3. The molecule has 0 atom stereocenters. The molecule has 5 heteroatoms. The van der Waals surface area contributed by atoms with Crippen molar-refractivity contribution in [1.29, 1.82) is 5.26 Å². The number of rotatable bonds is 5. The summed E-state index contributed by atoms with van der Waals surface area (Å²) >= 11 is 0. The van der Waals surface area contributed by atoms with Gasteiger partial charge in [-0.2, -0.15) is 5.26 Å². The van der Waals surface area contributed by atoms with Gasteiger partial charge in [0.2, 0.25) is 0 Å². The van der Waals surface area contributed by atoms with Crippen LogP contribution in [-0.4, -0.2) is 61.2 Å². The largest absolute Gasteiger partial charge is 0.493 e. The Kier molecular flexibility index (Phi) is 5.27. The van der Waals surface area contributed by atoms with Gasteiger partial charge in [-0.25, -0.2) is 0 Å². The third kappa shape index (κ3) is 3.85. The second-order valence-electron chi connectivity index (χ2n) is 8.67. The van der Waals surface area contributed by atoms with Crippen LogP contribution in [0.2, 0.25) is 0 Å². The van der Waals surface area contributed by atoms with Gasteiger partial charge in [-0.1, -0.05) is 18.2 Å². The number of benzene rings is 3. The summed E-state index contributed by atoms with van der Waals surface area (Å²) in [6.07, 6.45) is 1.05. The van der Waals surface area contributed by atoms with E-state index in [0.29, 0.717) is 5.56 Å². The topological polar surface area (TPSA) is 55.3 Å². The van der Waals surface area contributed by atoms with Crippen LogP contribution in [0.3, 0.4) is 0 Å². The molecule has 1 fully saturated rings. The minimum Gasteiger partial charge on any atom is -0.493 e. The summed E-state index contributed by atoms with van der Waals surface area (Å²) in [7, 11) is 2.19. The molecule has 1 N–H and O–H groups in total. The zero-order chi connectivity index (χ0) is 21.4. The molecule has 31 heavy (non-hydrogen) atoms. The normalized spacial score (nSPS) is 15.6. The van der Waals surface area contributed by atoms with Gasteiger partial charge < -0.3 is 19.5 Å². The molecule has 1 aliphatic heterocycles. The highest BCUT2D eigenvalue weighted by atomic mass is 16.5. The summed E-state index contributed by atoms with van der Waals surface area (Å²) in [5.74, 6) is 0.966. The molecule has 2 heterocycles. The lowest BCUT2D eigenvalue weighted by molar-refractivity contribution is 0.145. The molecule has 4 aromatic rings. The average Bonchev–Trinajstić information content (AvgIpc) is 3.16. The Bertz CT molecular complexity index is 1290. The first-order chi connectivity index (χ1) is 15.1. The molecule has 0 amide bonds. The lowest BCUT2D eigenvalue weighted by atomic mass is 10.0. The van der Waals surface area contributed by atoms with Crippen molar-refractivity contribution >= 4 is 32.6 Å². The van der Waals surface area contributed by atoms with Gasteiger partial charge in [0.15, 0.2) is 0 Å². The first-order valence-corrected chi connectivity index (χ1v) is 11.0. The Morgan fingerprint density at radius 2 is 1.81 bits per heavy atom. The highest BCUT2D eigenvalue weighted by molar-refractivity contribution is 6.17. The SMILES string of the molecule is Cc1cc2c(ccc3c4ccc(C#N)cc4[nH]c23)cc1OCCCN1CCN(C)CC1. The van der Waals surface area contributed by atoms with Crippen LogP contribution in [-0.2, 0) is 0 Å². The fraction of sp³-hybridized carbons (Fsp3) is 0.346. The van der Waals surface area contributed by atoms with Crippen LogP contribution in [0.4, 0.5) is 0 Å². The van der Waals surface area contributed by atoms with Crippen molar-refractivity contribution in [2.45, 2.75) is 13.3 Å². The lowest BCUT2D eigenvalue weighted by Gasteiger charge is -2.32. The summed E-state index contributed by atoms with van der Waals surface area (Å²) in [6.45, 7) is 8.58. The highest BCUT2D eigenvalue weighted by Gasteiger charge is 2.14. The van der Waals surface area contributed by atoms with Crippen LogP contribution in [0.1, 0.15) is 17.5 Å². The maximum absolute atomic E-state index is 9.20. The van der Waals surface area contributed by atoms with Crippen molar-refractivity contribution in [1.82, 2.24) is 14.8 Å². The van der Waals surface area contributed by atoms with Crippen LogP contribution in [0, 0.1) is 18.3 Å². The van der Waals surface area contributed by atoms with E-state index >= 15 is 0 Å². The molecular weight excluding hydrogens is 384 g/mol. The van der Waals surface area contributed by atoms with Crippen molar-refractivity contribution in [3.8, 4) is 11.8 Å². The minimum absolute atomic E-state index is 0.673. The number of ether oxygens (including phenoxy) is 1. The first-order valence-electron chi connectivity index (χ1n) is 11.0. The van der Waals surface area contributed by atoms with Crippen molar-refractivity contribution in [2.75, 3.05) is 46.4 Å². The quantitative estimate of drug-likeness (QED) is 0.484. The molecule has 0 unspecified atom stereocenters. The summed E-state index contributed by atoms with van der Waals surface area (Å²) in [5, 5.41) is 13.9. The molecule has 0 saturated carbocycles. The number of likely N-dealkylation sites (N-methyl/N-ethyl adjacent to an activating group) is 1. The molecule has 1 saturated heterocycles. The fourth-order valence-corrected chi connectivity index (χ4v) is 4.60. The van der Waals surface area contributed by atoms with Crippen LogP contribution < -0.4 is 4.74 Å². The Morgan fingerprint density at radius 1 is 1.00 bits per heavy atom. The number of aryl methyl sites for hydroxylation is 1. The monoisotopic (exact) mass is 412 g/mol. The molecule has 0 spiro atoms. The smallest absolute Gasteiger partial charge is 0.122 e. The number of H-pyrrole nitrogens is 1. The highest BCUT2D eigenvalue weighted by Crippen LogP contribution is 2.34. The Hall–Kier alpha value is -3.07. The van der Waals surface area contributed by atoms with Crippen LogP contribution in [0.25, 0.3) is 32.6 Å². The molecule has 0 bridgehead atoms. The summed E-state index contributed by atoms with van der Waals surface area (Å²) in [4.78, 5) is 8.45. The zero-order valence-corrected chi connectivity index (χ0v) is 18.2. The predicted octanol–water partition coefficient (Wildman–Crippen LogP) is 4.67. The van der Waals surface area contributed by atoms with E-state index in [0.717, 1.165) is 73.5 Å². The number of hydrogen-bond donors (Lipinski definition) is 1. The van der Waals surface area contributed by atoms with E-state index in [2.05, 4.69) is 59.1 Å². The Morgan fingerprint density at radius 3 is 2.61 bits per heavy atom. The van der Waals surface area contributed by atoms with Gasteiger partial charge in [0.1, 0.15) is 5.75 Å². The number of aromatic amines is 1. The van der Waals surface area contributed by atoms with E-state index in [1.165, 1.54) is 16.2 Å². The molecule has 5 nitrogen and oxygen atoms in total. The van der Waals surface area contributed by atoms with Gasteiger partial charge in [-0.3, -0.25) is 0 Å². The van der Waals surface area contributed by atoms with Crippen molar-refractivity contribution < 1.29 is 4.74 Å². The van der Waals surface area contributed by atoms with Gasteiger partial charge >= 0.3 is 0 Å². The van der Waals surface area contributed by atoms with E-state index < -0.39 is 0 Å². The Labute approximate surface area is 182 Å². The molecule has 0 aliphatic carbocycles. The number of hydrogen-bond acceptors (Lipinski definition) is 4. The van der Waals surface area contributed by atoms with E-state index in [-0.39, 0.29) is 0 Å². The minimum atomic E-state index is 0.673. The second-order valence-corrected chi connectivity index (χ2v) is 8.67. The van der Waals surface area contributed by atoms with Crippen LogP contribution >= 0.6 is 0 Å². The van der Waals surface area contributed by atoms with E-state index in [1.54, 1.807) is 0 Å². The van der Waals surface area contributed by atoms with Crippen LogP contribution in [0.5, 0.6) is 5.75 Å². The molecule has 5 rings (SSSR count). The van der Waals surface area contributed by atoms with Crippen LogP contribution in [0.15, 0.2) is 42.5 Å². The predicted molar refractivity (Wildman–Crippen MR) is 127 cm³/mol. The van der Waals surface area contributed by atoms with Gasteiger partial charge in [-0.05, 0) is 55.6 Å². The number of piperazine rings is 1. The van der Waals surface area contributed by atoms with Crippen molar-refractivity contribution in [3.05, 3.63) is 53.6 Å². The van der Waals surface area contributed by atoms with Crippen molar-refractivity contribution in [3.63, 3.8) is 0 Å². The number of nitrogens with zero attached hydrogens (tertiary/aromatic N) is 3. The van der Waals surface area contributed by atoms with Gasteiger partial charge in [-0.15, -0.1) is 0 Å². The number of fused-ring (bicyclic) bond motifs is 5. The Balaban J connectivity index is 1.36. The average molecular weight is 413 g/mol. The van der Waals surface area contributed by atoms with E-state index in [1.807, 2.05) is 18.2 Å². The number of aromatic nitrogens is 1. The van der Waals surface area contributed by atoms with E-state index in [4.69, 9.17) is 4.74 Å². The lowest BCUT2D eigenvalue weighted by Crippen LogP contribution is -2.44. The number of nitrogens with one attached hydrogen (secondary N) is 1. The summed E-state index contributed by atoms with van der Waals surface area (Å²) in [6, 6.07) is 16.8. The maximum atomic E-state index is 9.20. The third-order valence-corrected chi connectivity index (χ3v) is 6.49. The van der Waals surface area contributed by atoms with Crippen molar-refractivity contribution in [2.24, 2.45) is 0 Å². The zero-order valence-electron chi connectivity index (χ0n) is 18.2. The van der Waals surface area contributed by atoms with Gasteiger partial charge in [0, 0.05) is 54.4 Å². The molecule has 0 radical (unpaired) electrons. The fourth-order valence-electron chi connectivity index (χ4n) is 4.60. The third-order valence-electron chi connectivity index (χ3n) is 6.49. The molecule has 1 aliphatic rings. The summed E-state index contributed by atoms with van der Waals surface area (Å²) in [5.41, 5.74) is 3.94. The molecule has 3 aromatic carbocycles. The summed E-state index contributed by atoms with van der Waals surface area (Å²) < 4.78 is 6.18. The molecular formula is C26H28N4O. The second kappa shape index (κ2) is 8.22. The molecule has 158 valence electrons. The van der Waals surface area contributed by atoms with Gasteiger partial charge in [0.05, 0.1) is 23.8 Å². The number of nitriles is 1. The van der Waals surface area contributed by atoms with Gasteiger partial charge in [0.25, 0.3) is 0 Å². The van der Waals surface area contributed by atoms with E-state index in [9.17, 15) is 5.26 Å².